The number of aryl methyl sites for hydroxylation is 1. The molecule has 0 bridgehead atoms. The fourth-order valence-corrected chi connectivity index (χ4v) is 6.50. The minimum absolute atomic E-state index is 0.103. The van der Waals surface area contributed by atoms with Gasteiger partial charge in [0.1, 0.15) is 36.5 Å². The van der Waals surface area contributed by atoms with E-state index in [0.717, 1.165) is 16.8 Å². The second-order valence-corrected chi connectivity index (χ2v) is 14.3. The van der Waals surface area contributed by atoms with Crippen molar-refractivity contribution in [3.63, 3.8) is 0 Å². The number of amides is 5. The molecule has 0 unspecified atom stereocenters. The van der Waals surface area contributed by atoms with Crippen LogP contribution in [0.25, 0.3) is 0 Å². The Kier molecular flexibility index (Phi) is 16.0. The molecule has 10 N–H and O–H groups in total. The van der Waals surface area contributed by atoms with Crippen molar-refractivity contribution in [3.8, 4) is 5.75 Å². The highest BCUT2D eigenvalue weighted by molar-refractivity contribution is 6.06. The van der Waals surface area contributed by atoms with Crippen molar-refractivity contribution in [2.45, 2.75) is 69.8 Å². The van der Waals surface area contributed by atoms with Crippen LogP contribution in [0.15, 0.2) is 114 Å². The lowest BCUT2D eigenvalue weighted by Crippen LogP contribution is -2.65. The molecule has 15 nitrogen and oxygen atoms in total. The highest BCUT2D eigenvalue weighted by Crippen LogP contribution is 2.25. The summed E-state index contributed by atoms with van der Waals surface area (Å²) in [4.78, 5) is 74.2. The number of carbonyl (C=O) groups is 5. The summed E-state index contributed by atoms with van der Waals surface area (Å²) in [7, 11) is 0. The number of β-lactam (4-membered cyclic amide) rings is 1. The molecule has 0 aromatic heterocycles. The number of aliphatic imine (C=N–C) groups is 1. The summed E-state index contributed by atoms with van der Waals surface area (Å²) in [6.07, 6.45) is 1.76. The van der Waals surface area contributed by atoms with E-state index in [0.29, 0.717) is 49.3 Å². The lowest BCUT2D eigenvalue weighted by molar-refractivity contribution is -0.135. The van der Waals surface area contributed by atoms with Crippen molar-refractivity contribution in [3.05, 3.63) is 131 Å². The van der Waals surface area contributed by atoms with E-state index in [4.69, 9.17) is 21.9 Å². The first-order valence-electron chi connectivity index (χ1n) is 19.7. The Morgan fingerprint density at radius 1 is 0.780 bits per heavy atom. The third-order valence-corrected chi connectivity index (χ3v) is 9.75. The van der Waals surface area contributed by atoms with Crippen LogP contribution >= 0.6 is 0 Å². The van der Waals surface area contributed by atoms with Crippen LogP contribution in [0.3, 0.4) is 0 Å². The number of rotatable bonds is 21. The van der Waals surface area contributed by atoms with Gasteiger partial charge in [0.05, 0.1) is 6.54 Å². The number of anilines is 1. The Labute approximate surface area is 344 Å². The van der Waals surface area contributed by atoms with Gasteiger partial charge >= 0.3 is 0 Å². The van der Waals surface area contributed by atoms with Crippen molar-refractivity contribution in [2.24, 2.45) is 22.2 Å². The van der Waals surface area contributed by atoms with Crippen LogP contribution in [0, 0.1) is 6.92 Å². The van der Waals surface area contributed by atoms with E-state index < -0.39 is 47.8 Å². The largest absolute Gasteiger partial charge is 0.489 e. The topological polar surface area (TPSA) is 236 Å². The van der Waals surface area contributed by atoms with Crippen molar-refractivity contribution in [1.82, 2.24) is 21.3 Å². The second-order valence-electron chi connectivity index (χ2n) is 14.3. The van der Waals surface area contributed by atoms with Gasteiger partial charge in [0.2, 0.25) is 17.7 Å². The number of ether oxygens (including phenoxy) is 1. The molecule has 0 spiro atoms. The molecule has 4 aromatic carbocycles. The van der Waals surface area contributed by atoms with Crippen LogP contribution in [0.1, 0.15) is 65.2 Å². The van der Waals surface area contributed by atoms with Crippen LogP contribution in [0.4, 0.5) is 5.69 Å². The first-order chi connectivity index (χ1) is 28.5. The quantitative estimate of drug-likeness (QED) is 0.0284. The van der Waals surface area contributed by atoms with Gasteiger partial charge in [-0.2, -0.15) is 0 Å². The first-order valence-corrected chi connectivity index (χ1v) is 19.7. The Balaban J connectivity index is 1.35. The number of benzene rings is 4. The summed E-state index contributed by atoms with van der Waals surface area (Å²) in [6, 6.07) is 28.1. The van der Waals surface area contributed by atoms with Crippen LogP contribution in [-0.2, 0) is 25.8 Å². The Morgan fingerprint density at radius 2 is 1.44 bits per heavy atom. The molecule has 1 aliphatic heterocycles. The first kappa shape index (κ1) is 43.4. The number of nitrogens with two attached hydrogens (primary N) is 3. The maximum atomic E-state index is 14.2. The Bertz CT molecular complexity index is 2060. The molecule has 5 amide bonds. The Hall–Kier alpha value is -6.74. The number of hydrogen-bond acceptors (Lipinski definition) is 8. The number of carbonyl (C=O) groups excluding carboxylic acids is 5. The summed E-state index contributed by atoms with van der Waals surface area (Å²) in [5.74, 6) is -2.18. The van der Waals surface area contributed by atoms with Gasteiger partial charge in [-0.25, -0.2) is 0 Å². The van der Waals surface area contributed by atoms with Crippen LogP contribution < -0.4 is 48.1 Å². The maximum absolute atomic E-state index is 14.2. The third kappa shape index (κ3) is 12.9. The molecule has 1 heterocycles. The standard InChI is InChI=1S/C44H53N9O6/c1-29-12-10-17-33(26-29)53-27-37(43(53)58)51-42(57)38(31-20-22-34(23-21-31)59-28-30-13-4-2-5-14-30)52-41(56)35(18-8-9-24-45)50-40(55)36(19-11-25-48-44(46)47)49-39(54)32-15-6-3-7-16-32/h2-7,10,12-17,20-23,26,35-38H,8-9,11,18-19,24-25,27-28,45H2,1H3,(H,49,54)(H,50,55)(H,51,57)(H,52,56)(H4,46,47,48)/t35-,36-,37+,38+/m0/s1. The molecule has 5 rings (SSSR count). The predicted octanol–water partition coefficient (Wildman–Crippen LogP) is 2.73. The van der Waals surface area contributed by atoms with Gasteiger partial charge in [0, 0.05) is 17.8 Å². The van der Waals surface area contributed by atoms with E-state index in [1.807, 2.05) is 61.5 Å². The zero-order valence-corrected chi connectivity index (χ0v) is 33.1. The number of guanidine groups is 1. The molecule has 4 atom stereocenters. The van der Waals surface area contributed by atoms with Gasteiger partial charge in [-0.15, -0.1) is 0 Å². The number of nitrogens with zero attached hydrogens (tertiary/aromatic N) is 2. The zero-order valence-electron chi connectivity index (χ0n) is 33.1. The molecular formula is C44H53N9O6. The van der Waals surface area contributed by atoms with Gasteiger partial charge in [0.15, 0.2) is 5.96 Å². The van der Waals surface area contributed by atoms with Crippen LogP contribution in [0.2, 0.25) is 0 Å². The van der Waals surface area contributed by atoms with Crippen molar-refractivity contribution in [1.29, 1.82) is 0 Å². The lowest BCUT2D eigenvalue weighted by Gasteiger charge is -2.39. The fraction of sp³-hybridized carbons (Fsp3) is 0.318. The average Bonchev–Trinajstić information content (AvgIpc) is 3.24. The SMILES string of the molecule is Cc1cccc(N2C[C@@H](NC(=O)[C@H](NC(=O)[C@H](CCCCN)NC(=O)[C@H](CCCN=C(N)N)NC(=O)c3ccccc3)c3ccc(OCc4ccccc4)cc3)C2=O)c1. The summed E-state index contributed by atoms with van der Waals surface area (Å²) in [5.41, 5.74) is 20.2. The van der Waals surface area contributed by atoms with E-state index in [-0.39, 0.29) is 37.8 Å². The van der Waals surface area contributed by atoms with Gasteiger partial charge in [-0.1, -0.05) is 72.8 Å². The van der Waals surface area contributed by atoms with Crippen LogP contribution in [0.5, 0.6) is 5.75 Å². The smallest absolute Gasteiger partial charge is 0.251 e. The van der Waals surface area contributed by atoms with Crippen molar-refractivity contribution < 1.29 is 28.7 Å². The van der Waals surface area contributed by atoms with Crippen molar-refractivity contribution in [2.75, 3.05) is 24.5 Å². The lowest BCUT2D eigenvalue weighted by atomic mass is 10.0. The highest BCUT2D eigenvalue weighted by Gasteiger charge is 2.40. The summed E-state index contributed by atoms with van der Waals surface area (Å²) >= 11 is 0. The molecule has 0 saturated carbocycles. The highest BCUT2D eigenvalue weighted by atomic mass is 16.5. The number of nitrogens with one attached hydrogen (secondary N) is 4. The molecule has 1 saturated heterocycles. The molecule has 0 aliphatic carbocycles. The number of unbranched alkanes of at least 4 members (excludes halogenated alkanes) is 1. The molecule has 0 radical (unpaired) electrons. The van der Waals surface area contributed by atoms with E-state index in [2.05, 4.69) is 26.3 Å². The fourth-order valence-electron chi connectivity index (χ4n) is 6.50. The molecular weight excluding hydrogens is 751 g/mol. The molecule has 1 aliphatic rings. The third-order valence-electron chi connectivity index (χ3n) is 9.75. The molecule has 4 aromatic rings. The number of hydrogen-bond donors (Lipinski definition) is 7. The average molecular weight is 804 g/mol. The molecule has 310 valence electrons. The van der Waals surface area contributed by atoms with E-state index >= 15 is 0 Å². The minimum Gasteiger partial charge on any atom is -0.489 e. The van der Waals surface area contributed by atoms with Crippen molar-refractivity contribution >= 4 is 41.2 Å². The Morgan fingerprint density at radius 3 is 2.10 bits per heavy atom. The monoisotopic (exact) mass is 803 g/mol. The van der Waals surface area contributed by atoms with E-state index in [1.165, 1.54) is 0 Å². The molecule has 1 fully saturated rings. The van der Waals surface area contributed by atoms with Gasteiger partial charge in [-0.3, -0.25) is 29.0 Å². The minimum atomic E-state index is -1.26. The van der Waals surface area contributed by atoms with E-state index in [9.17, 15) is 24.0 Å². The summed E-state index contributed by atoms with van der Waals surface area (Å²) in [5, 5.41) is 11.2. The molecule has 15 heteroatoms. The normalized spacial score (nSPS) is 14.8. The predicted molar refractivity (Wildman–Crippen MR) is 226 cm³/mol. The second kappa shape index (κ2) is 21.7. The van der Waals surface area contributed by atoms with E-state index in [1.54, 1.807) is 59.5 Å². The molecule has 59 heavy (non-hydrogen) atoms. The van der Waals surface area contributed by atoms with Gasteiger partial charge in [0.25, 0.3) is 11.8 Å². The van der Waals surface area contributed by atoms with Crippen LogP contribution in [-0.4, -0.2) is 73.3 Å². The summed E-state index contributed by atoms with van der Waals surface area (Å²) < 4.78 is 5.95. The maximum Gasteiger partial charge on any atom is 0.251 e. The van der Waals surface area contributed by atoms with Gasteiger partial charge in [-0.05, 0) is 98.7 Å². The zero-order chi connectivity index (χ0) is 42.1. The summed E-state index contributed by atoms with van der Waals surface area (Å²) in [6.45, 7) is 3.08. The van der Waals surface area contributed by atoms with Gasteiger partial charge < -0.3 is 48.1 Å².